The Morgan fingerprint density at radius 3 is 3.00 bits per heavy atom. The van der Waals surface area contributed by atoms with E-state index < -0.39 is 0 Å². The third kappa shape index (κ3) is 2.22. The van der Waals surface area contributed by atoms with Gasteiger partial charge in [-0.15, -0.1) is 0 Å². The molecule has 13 heavy (non-hydrogen) atoms. The minimum Gasteiger partial charge on any atom is -0.330 e. The second-order valence-corrected chi connectivity index (χ2v) is 3.12. The van der Waals surface area contributed by atoms with Gasteiger partial charge in [0.1, 0.15) is 5.69 Å². The third-order valence-corrected chi connectivity index (χ3v) is 2.13. The average molecular weight is 200 g/mol. The van der Waals surface area contributed by atoms with E-state index in [2.05, 4.69) is 10.2 Å². The van der Waals surface area contributed by atoms with E-state index in [1.165, 1.54) is 4.57 Å². The fraction of sp³-hybridized carbons (Fsp3) is 0.571. The summed E-state index contributed by atoms with van der Waals surface area (Å²) in [5.74, 6) is 0. The van der Waals surface area contributed by atoms with Gasteiger partial charge in [-0.25, -0.2) is 0 Å². The summed E-state index contributed by atoms with van der Waals surface area (Å²) in [6.07, 6.45) is 1.35. The van der Waals surface area contributed by atoms with Crippen molar-refractivity contribution in [2.24, 2.45) is 12.8 Å². The highest BCUT2D eigenvalue weighted by atomic mass is 32.1. The van der Waals surface area contributed by atoms with Crippen molar-refractivity contribution < 1.29 is 0 Å². The predicted molar refractivity (Wildman–Crippen MR) is 52.0 cm³/mol. The molecule has 1 aromatic heterocycles. The Kier molecular flexibility index (Phi) is 3.32. The van der Waals surface area contributed by atoms with Crippen molar-refractivity contribution in [3.05, 3.63) is 20.8 Å². The highest BCUT2D eigenvalue weighted by Crippen LogP contribution is 1.89. The number of hydrogen-bond acceptors (Lipinski definition) is 4. The molecule has 0 bridgehead atoms. The molecule has 0 aliphatic carbocycles. The van der Waals surface area contributed by atoms with Crippen LogP contribution in [0.3, 0.4) is 0 Å². The number of nitrogens with zero attached hydrogens (tertiary/aromatic N) is 2. The van der Waals surface area contributed by atoms with Crippen molar-refractivity contribution in [1.82, 2.24) is 14.8 Å². The minimum absolute atomic E-state index is 0.141. The minimum atomic E-state index is -0.141. The first kappa shape index (κ1) is 10.1. The summed E-state index contributed by atoms with van der Waals surface area (Å²) in [5, 5.41) is 6.46. The highest BCUT2D eigenvalue weighted by Gasteiger charge is 2.02. The van der Waals surface area contributed by atoms with E-state index in [-0.39, 0.29) is 5.56 Å². The number of aromatic nitrogens is 3. The van der Waals surface area contributed by atoms with E-state index in [1.807, 2.05) is 0 Å². The fourth-order valence-electron chi connectivity index (χ4n) is 0.956. The molecule has 0 aliphatic heterocycles. The zero-order valence-electron chi connectivity index (χ0n) is 7.41. The maximum Gasteiger partial charge on any atom is 0.275 e. The Hall–Kier alpha value is -1.01. The van der Waals surface area contributed by atoms with Crippen LogP contribution in [0, 0.1) is 4.77 Å². The molecule has 3 N–H and O–H groups in total. The van der Waals surface area contributed by atoms with Crippen molar-refractivity contribution in [3.8, 4) is 0 Å². The zero-order valence-corrected chi connectivity index (χ0v) is 8.23. The van der Waals surface area contributed by atoms with E-state index in [0.717, 1.165) is 6.42 Å². The maximum absolute atomic E-state index is 11.5. The van der Waals surface area contributed by atoms with Crippen LogP contribution in [0.5, 0.6) is 0 Å². The van der Waals surface area contributed by atoms with Crippen molar-refractivity contribution in [1.29, 1.82) is 0 Å². The van der Waals surface area contributed by atoms with Crippen molar-refractivity contribution in [2.45, 2.75) is 12.8 Å². The fourth-order valence-corrected chi connectivity index (χ4v) is 1.08. The molecule has 0 atom stereocenters. The molecule has 1 rings (SSSR count). The summed E-state index contributed by atoms with van der Waals surface area (Å²) in [4.78, 5) is 11.5. The SMILES string of the molecule is Cn1c(=S)[nH]nc(CCCN)c1=O. The van der Waals surface area contributed by atoms with Crippen LogP contribution in [-0.2, 0) is 13.5 Å². The summed E-state index contributed by atoms with van der Waals surface area (Å²) < 4.78 is 1.70. The van der Waals surface area contributed by atoms with Crippen LogP contribution in [0.15, 0.2) is 4.79 Å². The van der Waals surface area contributed by atoms with Crippen LogP contribution >= 0.6 is 12.2 Å². The van der Waals surface area contributed by atoms with Gasteiger partial charge in [-0.2, -0.15) is 5.10 Å². The number of rotatable bonds is 3. The number of aromatic amines is 1. The quantitative estimate of drug-likeness (QED) is 0.658. The lowest BCUT2D eigenvalue weighted by Gasteiger charge is -2.00. The molecular weight excluding hydrogens is 188 g/mol. The van der Waals surface area contributed by atoms with Crippen LogP contribution in [0.25, 0.3) is 0 Å². The molecule has 1 heterocycles. The Labute approximate surface area is 80.6 Å². The van der Waals surface area contributed by atoms with E-state index >= 15 is 0 Å². The Bertz CT molecular complexity index is 394. The largest absolute Gasteiger partial charge is 0.330 e. The average Bonchev–Trinajstić information content (AvgIpc) is 2.13. The van der Waals surface area contributed by atoms with Crippen LogP contribution in [-0.4, -0.2) is 21.3 Å². The van der Waals surface area contributed by atoms with Gasteiger partial charge in [0.2, 0.25) is 0 Å². The van der Waals surface area contributed by atoms with Gasteiger partial charge in [0, 0.05) is 7.05 Å². The molecule has 0 radical (unpaired) electrons. The van der Waals surface area contributed by atoms with Crippen LogP contribution < -0.4 is 11.3 Å². The standard InChI is InChI=1S/C7H12N4OS/c1-11-6(12)5(3-2-4-8)9-10-7(11)13/h2-4,8H2,1H3,(H,10,13). The second-order valence-electron chi connectivity index (χ2n) is 2.73. The molecule has 0 saturated heterocycles. The molecule has 5 nitrogen and oxygen atoms in total. The van der Waals surface area contributed by atoms with Gasteiger partial charge < -0.3 is 5.73 Å². The zero-order chi connectivity index (χ0) is 9.84. The van der Waals surface area contributed by atoms with Gasteiger partial charge in [-0.3, -0.25) is 14.5 Å². The monoisotopic (exact) mass is 200 g/mol. The summed E-state index contributed by atoms with van der Waals surface area (Å²) in [6, 6.07) is 0. The Morgan fingerprint density at radius 2 is 2.38 bits per heavy atom. The van der Waals surface area contributed by atoms with Gasteiger partial charge in [0.05, 0.1) is 0 Å². The Morgan fingerprint density at radius 1 is 1.69 bits per heavy atom. The number of hydrogen-bond donors (Lipinski definition) is 2. The number of nitrogens with two attached hydrogens (primary N) is 1. The molecule has 0 aliphatic rings. The van der Waals surface area contributed by atoms with Crippen LogP contribution in [0.1, 0.15) is 12.1 Å². The van der Waals surface area contributed by atoms with Gasteiger partial charge >= 0.3 is 0 Å². The first-order valence-electron chi connectivity index (χ1n) is 4.01. The first-order chi connectivity index (χ1) is 6.16. The van der Waals surface area contributed by atoms with Crippen LogP contribution in [0.2, 0.25) is 0 Å². The highest BCUT2D eigenvalue weighted by molar-refractivity contribution is 7.71. The predicted octanol–water partition coefficient (Wildman–Crippen LogP) is -0.271. The van der Waals surface area contributed by atoms with Gasteiger partial charge in [-0.1, -0.05) is 0 Å². The second kappa shape index (κ2) is 4.29. The summed E-state index contributed by atoms with van der Waals surface area (Å²) in [6.45, 7) is 0.556. The summed E-state index contributed by atoms with van der Waals surface area (Å²) in [5.41, 5.74) is 5.67. The molecule has 0 fully saturated rings. The first-order valence-corrected chi connectivity index (χ1v) is 4.42. The number of aryl methyl sites for hydroxylation is 1. The number of H-pyrrole nitrogens is 1. The van der Waals surface area contributed by atoms with Crippen molar-refractivity contribution in [3.63, 3.8) is 0 Å². The lowest BCUT2D eigenvalue weighted by molar-refractivity contribution is 0.692. The summed E-state index contributed by atoms with van der Waals surface area (Å²) >= 11 is 4.83. The lowest BCUT2D eigenvalue weighted by atomic mass is 10.2. The van der Waals surface area contributed by atoms with Gasteiger partial charge in [0.25, 0.3) is 5.56 Å². The molecule has 0 amide bonds. The van der Waals surface area contributed by atoms with Crippen molar-refractivity contribution in [2.75, 3.05) is 6.54 Å². The molecule has 1 aromatic rings. The van der Waals surface area contributed by atoms with Crippen molar-refractivity contribution >= 4 is 12.2 Å². The topological polar surface area (TPSA) is 76.7 Å². The molecular formula is C7H12N4OS. The molecule has 0 aromatic carbocycles. The Balaban J connectivity index is 3.05. The smallest absolute Gasteiger partial charge is 0.275 e. The van der Waals surface area contributed by atoms with E-state index in [1.54, 1.807) is 7.05 Å². The molecule has 0 spiro atoms. The molecule has 6 heteroatoms. The maximum atomic E-state index is 11.5. The molecule has 0 saturated carbocycles. The lowest BCUT2D eigenvalue weighted by Crippen LogP contribution is -2.25. The normalized spacial score (nSPS) is 10.3. The van der Waals surface area contributed by atoms with Gasteiger partial charge in [0.15, 0.2) is 4.77 Å². The van der Waals surface area contributed by atoms with Gasteiger partial charge in [-0.05, 0) is 31.6 Å². The van der Waals surface area contributed by atoms with Crippen LogP contribution in [0.4, 0.5) is 0 Å². The number of nitrogens with one attached hydrogen (secondary N) is 1. The molecule has 0 unspecified atom stereocenters. The molecule has 72 valence electrons. The summed E-state index contributed by atoms with van der Waals surface area (Å²) in [7, 11) is 1.62. The van der Waals surface area contributed by atoms with E-state index in [4.69, 9.17) is 18.0 Å². The third-order valence-electron chi connectivity index (χ3n) is 1.76. The van der Waals surface area contributed by atoms with E-state index in [9.17, 15) is 4.79 Å². The van der Waals surface area contributed by atoms with E-state index in [0.29, 0.717) is 23.4 Å².